The van der Waals surface area contributed by atoms with Gasteiger partial charge in [0.25, 0.3) is 0 Å². The molecule has 1 aromatic rings. The first kappa shape index (κ1) is 18.8. The molecule has 6 heteroatoms. The lowest BCUT2D eigenvalue weighted by atomic mass is 10.2. The van der Waals surface area contributed by atoms with Crippen molar-refractivity contribution in [3.63, 3.8) is 0 Å². The van der Waals surface area contributed by atoms with E-state index in [9.17, 15) is 0 Å². The van der Waals surface area contributed by atoms with E-state index in [-0.39, 0.29) is 6.10 Å². The van der Waals surface area contributed by atoms with E-state index in [2.05, 4.69) is 27.4 Å². The molecule has 144 valence electrons. The van der Waals surface area contributed by atoms with Gasteiger partial charge in [0.15, 0.2) is 23.6 Å². The molecule has 1 saturated heterocycles. The molecular weight excluding hydrogens is 328 g/mol. The third-order valence-corrected chi connectivity index (χ3v) is 4.76. The Morgan fingerprint density at radius 1 is 1.15 bits per heavy atom. The van der Waals surface area contributed by atoms with Crippen LogP contribution in [0.15, 0.2) is 29.3 Å². The van der Waals surface area contributed by atoms with Gasteiger partial charge in [-0.15, -0.1) is 0 Å². The zero-order valence-electron chi connectivity index (χ0n) is 15.9. The molecule has 26 heavy (non-hydrogen) atoms. The van der Waals surface area contributed by atoms with E-state index in [1.165, 1.54) is 38.9 Å². The normalized spacial score (nSPS) is 20.2. The molecule has 0 saturated carbocycles. The van der Waals surface area contributed by atoms with Crippen molar-refractivity contribution in [3.05, 3.63) is 24.3 Å². The Labute approximate surface area is 157 Å². The van der Waals surface area contributed by atoms with Gasteiger partial charge < -0.3 is 25.0 Å². The maximum atomic E-state index is 5.97. The number of nitrogens with one attached hydrogen (secondary N) is 2. The predicted molar refractivity (Wildman–Crippen MR) is 105 cm³/mol. The van der Waals surface area contributed by atoms with Crippen LogP contribution in [0.25, 0.3) is 0 Å². The number of fused-ring (bicyclic) bond motifs is 1. The summed E-state index contributed by atoms with van der Waals surface area (Å²) in [5.41, 5.74) is 0. The van der Waals surface area contributed by atoms with Gasteiger partial charge in [-0.1, -0.05) is 12.1 Å². The Morgan fingerprint density at radius 3 is 2.77 bits per heavy atom. The molecule has 2 N–H and O–H groups in total. The van der Waals surface area contributed by atoms with Crippen molar-refractivity contribution in [2.24, 2.45) is 4.99 Å². The van der Waals surface area contributed by atoms with Crippen LogP contribution in [0.5, 0.6) is 11.5 Å². The molecule has 1 aromatic carbocycles. The number of para-hydroxylation sites is 2. The number of likely N-dealkylation sites (tertiary alicyclic amines) is 1. The second-order valence-corrected chi connectivity index (χ2v) is 6.90. The fraction of sp³-hybridized carbons (Fsp3) is 0.650. The van der Waals surface area contributed by atoms with Crippen LogP contribution in [0.1, 0.15) is 32.6 Å². The van der Waals surface area contributed by atoms with Gasteiger partial charge in [0.05, 0.1) is 6.54 Å². The maximum absolute atomic E-state index is 5.97. The molecule has 1 unspecified atom stereocenters. The number of ether oxygens (including phenoxy) is 2. The fourth-order valence-corrected chi connectivity index (χ4v) is 3.36. The monoisotopic (exact) mass is 360 g/mol. The molecule has 1 fully saturated rings. The molecule has 0 amide bonds. The van der Waals surface area contributed by atoms with E-state index in [1.807, 2.05) is 24.3 Å². The van der Waals surface area contributed by atoms with Gasteiger partial charge in [0.1, 0.15) is 6.61 Å². The lowest BCUT2D eigenvalue weighted by Gasteiger charge is -2.25. The van der Waals surface area contributed by atoms with Crippen LogP contribution < -0.4 is 20.1 Å². The van der Waals surface area contributed by atoms with Crippen LogP contribution >= 0.6 is 0 Å². The quantitative estimate of drug-likeness (QED) is 0.423. The van der Waals surface area contributed by atoms with Crippen molar-refractivity contribution in [3.8, 4) is 11.5 Å². The van der Waals surface area contributed by atoms with Crippen LogP contribution in [0, 0.1) is 0 Å². The largest absolute Gasteiger partial charge is 0.486 e. The van der Waals surface area contributed by atoms with Crippen molar-refractivity contribution in [1.29, 1.82) is 0 Å². The predicted octanol–water partition coefficient (Wildman–Crippen LogP) is 2.26. The van der Waals surface area contributed by atoms with E-state index in [0.29, 0.717) is 13.2 Å². The molecule has 2 aliphatic rings. The molecule has 1 atom stereocenters. The number of benzene rings is 1. The van der Waals surface area contributed by atoms with Gasteiger partial charge in [-0.25, -0.2) is 4.99 Å². The summed E-state index contributed by atoms with van der Waals surface area (Å²) in [7, 11) is 0. The Morgan fingerprint density at radius 2 is 1.96 bits per heavy atom. The molecule has 0 bridgehead atoms. The standard InChI is InChI=1S/C20H32N4O2/c1-2-21-20(22-11-5-6-12-24-13-7-8-14-24)23-15-17-16-25-18-9-3-4-10-19(18)26-17/h3-4,9-10,17H,2,5-8,11-16H2,1H3,(H2,21,22,23). The maximum Gasteiger partial charge on any atom is 0.191 e. The van der Waals surface area contributed by atoms with E-state index in [0.717, 1.165) is 37.0 Å². The van der Waals surface area contributed by atoms with Gasteiger partial charge >= 0.3 is 0 Å². The SMILES string of the molecule is CCNC(=NCC1COc2ccccc2O1)NCCCCN1CCCC1. The summed E-state index contributed by atoms with van der Waals surface area (Å²) in [5.74, 6) is 2.48. The second-order valence-electron chi connectivity index (χ2n) is 6.90. The highest BCUT2D eigenvalue weighted by molar-refractivity contribution is 5.79. The topological polar surface area (TPSA) is 58.1 Å². The molecule has 0 aliphatic carbocycles. The minimum absolute atomic E-state index is 0.0458. The highest BCUT2D eigenvalue weighted by Gasteiger charge is 2.20. The zero-order valence-corrected chi connectivity index (χ0v) is 15.9. The molecule has 0 aromatic heterocycles. The van der Waals surface area contributed by atoms with E-state index in [1.54, 1.807) is 0 Å². The van der Waals surface area contributed by atoms with Gasteiger partial charge in [-0.2, -0.15) is 0 Å². The van der Waals surface area contributed by atoms with Gasteiger partial charge in [0, 0.05) is 13.1 Å². The number of unbranched alkanes of at least 4 members (excludes halogenated alkanes) is 1. The number of hydrogen-bond acceptors (Lipinski definition) is 4. The summed E-state index contributed by atoms with van der Waals surface area (Å²) in [4.78, 5) is 7.23. The third kappa shape index (κ3) is 5.80. The van der Waals surface area contributed by atoms with Crippen LogP contribution in [0.2, 0.25) is 0 Å². The van der Waals surface area contributed by atoms with Gasteiger partial charge in [-0.05, 0) is 64.4 Å². The first-order valence-corrected chi connectivity index (χ1v) is 9.98. The van der Waals surface area contributed by atoms with Crippen molar-refractivity contribution in [1.82, 2.24) is 15.5 Å². The Bertz CT molecular complexity index is 573. The van der Waals surface area contributed by atoms with Crippen molar-refractivity contribution in [2.45, 2.75) is 38.7 Å². The number of nitrogens with zero attached hydrogens (tertiary/aromatic N) is 2. The first-order chi connectivity index (χ1) is 12.8. The summed E-state index contributed by atoms with van der Waals surface area (Å²) in [6, 6.07) is 7.79. The minimum atomic E-state index is -0.0458. The molecule has 3 rings (SSSR count). The number of hydrogen-bond donors (Lipinski definition) is 2. The van der Waals surface area contributed by atoms with Gasteiger partial charge in [0.2, 0.25) is 0 Å². The van der Waals surface area contributed by atoms with Crippen molar-refractivity contribution >= 4 is 5.96 Å². The molecule has 6 nitrogen and oxygen atoms in total. The average molecular weight is 361 g/mol. The lowest BCUT2D eigenvalue weighted by Crippen LogP contribution is -2.40. The smallest absolute Gasteiger partial charge is 0.191 e. The summed E-state index contributed by atoms with van der Waals surface area (Å²) in [6.07, 6.45) is 5.09. The number of rotatable bonds is 8. The number of aliphatic imine (C=N–C) groups is 1. The second kappa shape index (κ2) is 10.3. The number of guanidine groups is 1. The van der Waals surface area contributed by atoms with Crippen molar-refractivity contribution in [2.75, 3.05) is 45.9 Å². The summed E-state index contributed by atoms with van der Waals surface area (Å²) < 4.78 is 11.7. The summed E-state index contributed by atoms with van der Waals surface area (Å²) >= 11 is 0. The Hall–Kier alpha value is -1.95. The molecule has 0 radical (unpaired) electrons. The van der Waals surface area contributed by atoms with Crippen molar-refractivity contribution < 1.29 is 9.47 Å². The Kier molecular flexibility index (Phi) is 7.43. The fourth-order valence-electron chi connectivity index (χ4n) is 3.36. The summed E-state index contributed by atoms with van der Waals surface area (Å²) in [6.45, 7) is 8.79. The molecular formula is C20H32N4O2. The van der Waals surface area contributed by atoms with Crippen LogP contribution in [0.4, 0.5) is 0 Å². The van der Waals surface area contributed by atoms with E-state index >= 15 is 0 Å². The highest BCUT2D eigenvalue weighted by atomic mass is 16.6. The minimum Gasteiger partial charge on any atom is -0.486 e. The first-order valence-electron chi connectivity index (χ1n) is 9.98. The van der Waals surface area contributed by atoms with Crippen LogP contribution in [-0.2, 0) is 0 Å². The lowest BCUT2D eigenvalue weighted by molar-refractivity contribution is 0.0971. The summed E-state index contributed by atoms with van der Waals surface area (Å²) in [5, 5.41) is 6.73. The third-order valence-electron chi connectivity index (χ3n) is 4.76. The van der Waals surface area contributed by atoms with E-state index in [4.69, 9.17) is 9.47 Å². The molecule has 0 spiro atoms. The molecule has 2 aliphatic heterocycles. The highest BCUT2D eigenvalue weighted by Crippen LogP contribution is 2.30. The Balaban J connectivity index is 1.38. The van der Waals surface area contributed by atoms with Crippen LogP contribution in [0.3, 0.4) is 0 Å². The zero-order chi connectivity index (χ0) is 18.0. The van der Waals surface area contributed by atoms with Crippen LogP contribution in [-0.4, -0.2) is 62.8 Å². The molecule has 2 heterocycles. The van der Waals surface area contributed by atoms with E-state index < -0.39 is 0 Å². The average Bonchev–Trinajstić information content (AvgIpc) is 3.19. The van der Waals surface area contributed by atoms with Gasteiger partial charge in [-0.3, -0.25) is 0 Å².